The Kier molecular flexibility index (Phi) is 5.80. The van der Waals surface area contributed by atoms with Crippen LogP contribution in [0.25, 0.3) is 22.1 Å². The maximum atomic E-state index is 13.9. The predicted octanol–water partition coefficient (Wildman–Crippen LogP) is 1.72. The molecule has 1 atom stereocenters. The molecule has 1 saturated heterocycles. The molecule has 6 rings (SSSR count). The van der Waals surface area contributed by atoms with Crippen LogP contribution in [-0.4, -0.2) is 47.8 Å². The molecule has 4 aromatic rings. The van der Waals surface area contributed by atoms with Crippen LogP contribution in [0.5, 0.6) is 0 Å². The summed E-state index contributed by atoms with van der Waals surface area (Å²) in [6, 6.07) is 7.94. The summed E-state index contributed by atoms with van der Waals surface area (Å²) in [5.74, 6) is 7.46. The Balaban J connectivity index is 1.51. The SMILES string of the molecule is CC#CCn1c(N2CCCC(N)C2)nc2c1c(=O)n(Cc1nc(C3CC3)c3ccccc3n1)c(=O)n2C. The number of benzene rings is 1. The topological polar surface area (TPSA) is 117 Å². The average molecular weight is 499 g/mol. The summed E-state index contributed by atoms with van der Waals surface area (Å²) in [5.41, 5.74) is 7.89. The minimum Gasteiger partial charge on any atom is -0.341 e. The number of imidazole rings is 1. The van der Waals surface area contributed by atoms with Crippen molar-refractivity contribution in [3.05, 3.63) is 56.6 Å². The van der Waals surface area contributed by atoms with E-state index in [0.717, 1.165) is 48.8 Å². The minimum absolute atomic E-state index is 0.0133. The second kappa shape index (κ2) is 9.16. The van der Waals surface area contributed by atoms with Crippen LogP contribution >= 0.6 is 0 Å². The molecule has 0 radical (unpaired) electrons. The van der Waals surface area contributed by atoms with Gasteiger partial charge in [0, 0.05) is 37.5 Å². The van der Waals surface area contributed by atoms with E-state index >= 15 is 0 Å². The Hall–Kier alpha value is -3.97. The van der Waals surface area contributed by atoms with Gasteiger partial charge in [-0.05, 0) is 38.7 Å². The van der Waals surface area contributed by atoms with Crippen LogP contribution < -0.4 is 21.9 Å². The molecule has 10 heteroatoms. The summed E-state index contributed by atoms with van der Waals surface area (Å²) in [6.45, 7) is 3.46. The minimum atomic E-state index is -0.449. The number of rotatable bonds is 5. The van der Waals surface area contributed by atoms with E-state index in [1.807, 2.05) is 28.8 Å². The van der Waals surface area contributed by atoms with Crippen molar-refractivity contribution in [1.82, 2.24) is 28.7 Å². The first kappa shape index (κ1) is 23.4. The zero-order valence-electron chi connectivity index (χ0n) is 21.1. The second-order valence-corrected chi connectivity index (χ2v) is 9.99. The highest BCUT2D eigenvalue weighted by Gasteiger charge is 2.29. The summed E-state index contributed by atoms with van der Waals surface area (Å²) in [7, 11) is 1.64. The number of fused-ring (bicyclic) bond motifs is 2. The largest absolute Gasteiger partial charge is 0.341 e. The molecule has 1 aliphatic carbocycles. The van der Waals surface area contributed by atoms with Gasteiger partial charge in [0.05, 0.1) is 24.3 Å². The molecule has 0 amide bonds. The van der Waals surface area contributed by atoms with Crippen LogP contribution in [0.1, 0.15) is 50.0 Å². The maximum absolute atomic E-state index is 13.9. The van der Waals surface area contributed by atoms with Gasteiger partial charge in [-0.25, -0.2) is 14.8 Å². The molecule has 2 N–H and O–H groups in total. The smallest absolute Gasteiger partial charge is 0.332 e. The Morgan fingerprint density at radius 2 is 1.89 bits per heavy atom. The first-order valence-corrected chi connectivity index (χ1v) is 12.8. The fraction of sp³-hybridized carbons (Fsp3) is 0.444. The number of para-hydroxylation sites is 1. The molecule has 2 fully saturated rings. The molecule has 4 heterocycles. The molecule has 0 spiro atoms. The first-order valence-electron chi connectivity index (χ1n) is 12.8. The van der Waals surface area contributed by atoms with Gasteiger partial charge in [-0.3, -0.25) is 18.5 Å². The monoisotopic (exact) mass is 498 g/mol. The van der Waals surface area contributed by atoms with E-state index in [2.05, 4.69) is 16.7 Å². The zero-order valence-corrected chi connectivity index (χ0v) is 21.1. The summed E-state index contributed by atoms with van der Waals surface area (Å²) >= 11 is 0. The predicted molar refractivity (Wildman–Crippen MR) is 143 cm³/mol. The number of hydrogen-bond acceptors (Lipinski definition) is 7. The van der Waals surface area contributed by atoms with Crippen molar-refractivity contribution < 1.29 is 0 Å². The van der Waals surface area contributed by atoms with Crippen LogP contribution in [0.4, 0.5) is 5.95 Å². The Labute approximate surface area is 213 Å². The zero-order chi connectivity index (χ0) is 25.7. The van der Waals surface area contributed by atoms with E-state index in [1.165, 1.54) is 9.13 Å². The van der Waals surface area contributed by atoms with Crippen molar-refractivity contribution in [2.75, 3.05) is 18.0 Å². The van der Waals surface area contributed by atoms with E-state index in [4.69, 9.17) is 20.7 Å². The number of hydrogen-bond donors (Lipinski definition) is 1. The van der Waals surface area contributed by atoms with Crippen LogP contribution in [0.2, 0.25) is 0 Å². The first-order chi connectivity index (χ1) is 18.0. The van der Waals surface area contributed by atoms with E-state index in [9.17, 15) is 9.59 Å². The van der Waals surface area contributed by atoms with Gasteiger partial charge in [-0.15, -0.1) is 5.92 Å². The third kappa shape index (κ3) is 4.09. The molecule has 0 bridgehead atoms. The lowest BCUT2D eigenvalue weighted by molar-refractivity contribution is 0.496. The van der Waals surface area contributed by atoms with Gasteiger partial charge in [0.1, 0.15) is 5.82 Å². The van der Waals surface area contributed by atoms with Crippen molar-refractivity contribution in [2.24, 2.45) is 12.8 Å². The molecule has 1 saturated carbocycles. The highest BCUT2D eigenvalue weighted by atomic mass is 16.2. The van der Waals surface area contributed by atoms with Gasteiger partial charge in [-0.1, -0.05) is 24.1 Å². The van der Waals surface area contributed by atoms with Gasteiger partial charge in [-0.2, -0.15) is 4.98 Å². The number of anilines is 1. The maximum Gasteiger partial charge on any atom is 0.332 e. The lowest BCUT2D eigenvalue weighted by Gasteiger charge is -2.31. The van der Waals surface area contributed by atoms with Gasteiger partial charge in [0.2, 0.25) is 5.95 Å². The highest BCUT2D eigenvalue weighted by Crippen LogP contribution is 2.41. The van der Waals surface area contributed by atoms with E-state index in [-0.39, 0.29) is 12.6 Å². The quantitative estimate of drug-likeness (QED) is 0.417. The molecular weight excluding hydrogens is 468 g/mol. The standard InChI is InChI=1S/C27H30N8O2/c1-3-4-14-34-23-24(31-26(34)33-13-7-8-18(28)15-33)32(2)27(37)35(25(23)36)16-21-29-20-10-6-5-9-19(20)22(30-21)17-11-12-17/h5-6,9-10,17-18H,7-8,11-16,28H2,1-2H3. The van der Waals surface area contributed by atoms with Crippen molar-refractivity contribution in [3.63, 3.8) is 0 Å². The normalized spacial score (nSPS) is 17.8. The van der Waals surface area contributed by atoms with Gasteiger partial charge in [0.25, 0.3) is 5.56 Å². The van der Waals surface area contributed by atoms with E-state index < -0.39 is 11.2 Å². The fourth-order valence-electron chi connectivity index (χ4n) is 5.27. The summed E-state index contributed by atoms with van der Waals surface area (Å²) in [6.07, 6.45) is 4.07. The van der Waals surface area contributed by atoms with Crippen molar-refractivity contribution in [3.8, 4) is 11.8 Å². The Bertz CT molecular complexity index is 1700. The molecule has 2 aliphatic rings. The fourth-order valence-corrected chi connectivity index (χ4v) is 5.27. The third-order valence-electron chi connectivity index (χ3n) is 7.31. The molecule has 1 aliphatic heterocycles. The van der Waals surface area contributed by atoms with Crippen LogP contribution in [0, 0.1) is 11.8 Å². The van der Waals surface area contributed by atoms with Gasteiger partial charge in [0.15, 0.2) is 11.2 Å². The number of piperidine rings is 1. The Morgan fingerprint density at radius 1 is 1.08 bits per heavy atom. The number of aromatic nitrogens is 6. The van der Waals surface area contributed by atoms with Crippen molar-refractivity contribution in [2.45, 2.75) is 57.7 Å². The van der Waals surface area contributed by atoms with Crippen LogP contribution in [0.15, 0.2) is 33.9 Å². The second-order valence-electron chi connectivity index (χ2n) is 9.99. The Morgan fingerprint density at radius 3 is 2.65 bits per heavy atom. The molecular formula is C27H30N8O2. The van der Waals surface area contributed by atoms with Crippen molar-refractivity contribution in [1.29, 1.82) is 0 Å². The van der Waals surface area contributed by atoms with Crippen LogP contribution in [0.3, 0.4) is 0 Å². The summed E-state index contributed by atoms with van der Waals surface area (Å²) in [5, 5.41) is 1.03. The van der Waals surface area contributed by atoms with Crippen LogP contribution in [-0.2, 0) is 20.1 Å². The molecule has 37 heavy (non-hydrogen) atoms. The summed E-state index contributed by atoms with van der Waals surface area (Å²) in [4.78, 5) is 43.7. The lowest BCUT2D eigenvalue weighted by Crippen LogP contribution is -2.44. The lowest BCUT2D eigenvalue weighted by atomic mass is 10.1. The molecule has 1 aromatic carbocycles. The van der Waals surface area contributed by atoms with E-state index in [0.29, 0.717) is 41.9 Å². The van der Waals surface area contributed by atoms with Crippen molar-refractivity contribution >= 4 is 28.0 Å². The molecule has 190 valence electrons. The van der Waals surface area contributed by atoms with E-state index in [1.54, 1.807) is 14.0 Å². The molecule has 10 nitrogen and oxygen atoms in total. The van der Waals surface area contributed by atoms with Gasteiger partial charge < -0.3 is 10.6 Å². The van der Waals surface area contributed by atoms with Gasteiger partial charge >= 0.3 is 5.69 Å². The number of aryl methyl sites for hydroxylation is 1. The molecule has 3 aromatic heterocycles. The number of nitrogens with two attached hydrogens (primary N) is 1. The average Bonchev–Trinajstić information content (AvgIpc) is 3.68. The number of nitrogens with zero attached hydrogens (tertiary/aromatic N) is 7. The summed E-state index contributed by atoms with van der Waals surface area (Å²) < 4.78 is 4.47. The third-order valence-corrected chi connectivity index (χ3v) is 7.31. The highest BCUT2D eigenvalue weighted by molar-refractivity contribution is 5.81. The molecule has 1 unspecified atom stereocenters.